The van der Waals surface area contributed by atoms with E-state index in [-0.39, 0.29) is 18.4 Å². The third-order valence-corrected chi connectivity index (χ3v) is 2.81. The molecule has 5 heteroatoms. The van der Waals surface area contributed by atoms with Gasteiger partial charge in [-0.15, -0.1) is 0 Å². The van der Waals surface area contributed by atoms with Gasteiger partial charge in [-0.05, 0) is 12.8 Å². The van der Waals surface area contributed by atoms with Crippen molar-refractivity contribution < 1.29 is 14.4 Å². The van der Waals surface area contributed by atoms with Gasteiger partial charge in [-0.25, -0.2) is 0 Å². The molecule has 2 rings (SSSR count). The Hall–Kier alpha value is -1.36. The van der Waals surface area contributed by atoms with Gasteiger partial charge >= 0.3 is 0 Å². The molecule has 88 valence electrons. The Morgan fingerprint density at radius 2 is 2.56 bits per heavy atom. The number of β-amino-alcohol motifs (C(OH)–C–C–N with tert-alkyl or cyclic N) is 1. The molecule has 0 spiro atoms. The summed E-state index contributed by atoms with van der Waals surface area (Å²) in [6, 6.07) is 1.81. The Bertz CT molecular complexity index is 375. The highest BCUT2D eigenvalue weighted by atomic mass is 16.5. The summed E-state index contributed by atoms with van der Waals surface area (Å²) in [6.07, 6.45) is 1.34. The normalized spacial score (nSPS) is 20.4. The fourth-order valence-electron chi connectivity index (χ4n) is 1.83. The Morgan fingerprint density at radius 3 is 3.12 bits per heavy atom. The van der Waals surface area contributed by atoms with Crippen LogP contribution in [0.25, 0.3) is 0 Å². The number of amides is 1. The van der Waals surface area contributed by atoms with Gasteiger partial charge in [0, 0.05) is 19.2 Å². The molecular weight excluding hydrogens is 208 g/mol. The predicted molar refractivity (Wildman–Crippen MR) is 56.8 cm³/mol. The second-order valence-corrected chi connectivity index (χ2v) is 4.10. The highest BCUT2D eigenvalue weighted by Gasteiger charge is 2.25. The van der Waals surface area contributed by atoms with Gasteiger partial charge in [-0.1, -0.05) is 12.1 Å². The van der Waals surface area contributed by atoms with Crippen molar-refractivity contribution in [2.75, 3.05) is 13.1 Å². The van der Waals surface area contributed by atoms with Gasteiger partial charge in [0.1, 0.15) is 5.76 Å². The first-order chi connectivity index (χ1) is 7.69. The summed E-state index contributed by atoms with van der Waals surface area (Å²) in [5.74, 6) is 0.596. The summed E-state index contributed by atoms with van der Waals surface area (Å²) in [4.78, 5) is 13.5. The van der Waals surface area contributed by atoms with E-state index >= 15 is 0 Å². The molecule has 1 amide bonds. The molecule has 1 aliphatic heterocycles. The SMILES string of the molecule is CCc1cc(CC(=O)N2CCC(O)C2)on1. The lowest BCUT2D eigenvalue weighted by atomic mass is 10.2. The van der Waals surface area contributed by atoms with Gasteiger partial charge in [-0.3, -0.25) is 4.79 Å². The summed E-state index contributed by atoms with van der Waals surface area (Å²) in [7, 11) is 0. The monoisotopic (exact) mass is 224 g/mol. The molecular formula is C11H16N2O3. The first-order valence-electron chi connectivity index (χ1n) is 5.59. The molecule has 1 atom stereocenters. The van der Waals surface area contributed by atoms with Crippen molar-refractivity contribution >= 4 is 5.91 Å². The lowest BCUT2D eigenvalue weighted by Crippen LogP contribution is -2.30. The second kappa shape index (κ2) is 4.65. The van der Waals surface area contributed by atoms with E-state index in [1.807, 2.05) is 13.0 Å². The van der Waals surface area contributed by atoms with E-state index in [1.165, 1.54) is 0 Å². The topological polar surface area (TPSA) is 66.6 Å². The highest BCUT2D eigenvalue weighted by molar-refractivity contribution is 5.78. The molecule has 1 aromatic rings. The van der Waals surface area contributed by atoms with Crippen LogP contribution in [0.2, 0.25) is 0 Å². The van der Waals surface area contributed by atoms with E-state index < -0.39 is 0 Å². The van der Waals surface area contributed by atoms with E-state index in [0.29, 0.717) is 25.3 Å². The van der Waals surface area contributed by atoms with Gasteiger partial charge in [0.25, 0.3) is 0 Å². The summed E-state index contributed by atoms with van der Waals surface area (Å²) in [5, 5.41) is 13.2. The van der Waals surface area contributed by atoms with Gasteiger partial charge in [-0.2, -0.15) is 0 Å². The molecule has 0 aromatic carbocycles. The summed E-state index contributed by atoms with van der Waals surface area (Å²) in [5.41, 5.74) is 0.865. The summed E-state index contributed by atoms with van der Waals surface area (Å²) >= 11 is 0. The lowest BCUT2D eigenvalue weighted by Gasteiger charge is -2.13. The minimum absolute atomic E-state index is 0.00430. The molecule has 1 fully saturated rings. The summed E-state index contributed by atoms with van der Waals surface area (Å²) < 4.78 is 5.05. The Morgan fingerprint density at radius 1 is 1.75 bits per heavy atom. The van der Waals surface area contributed by atoms with Crippen molar-refractivity contribution in [3.63, 3.8) is 0 Å². The Labute approximate surface area is 94.0 Å². The van der Waals surface area contributed by atoms with Crippen molar-refractivity contribution in [2.24, 2.45) is 0 Å². The molecule has 16 heavy (non-hydrogen) atoms. The van der Waals surface area contributed by atoms with Crippen LogP contribution in [-0.4, -0.2) is 40.3 Å². The van der Waals surface area contributed by atoms with Crippen LogP contribution in [0.15, 0.2) is 10.6 Å². The van der Waals surface area contributed by atoms with E-state index in [1.54, 1.807) is 4.90 Å². The van der Waals surface area contributed by atoms with Crippen molar-refractivity contribution in [2.45, 2.75) is 32.3 Å². The molecule has 1 unspecified atom stereocenters. The largest absolute Gasteiger partial charge is 0.391 e. The maximum atomic E-state index is 11.8. The maximum Gasteiger partial charge on any atom is 0.230 e. The quantitative estimate of drug-likeness (QED) is 0.805. The van der Waals surface area contributed by atoms with E-state index in [9.17, 15) is 9.90 Å². The zero-order chi connectivity index (χ0) is 11.5. The predicted octanol–water partition coefficient (Wildman–Crippen LogP) is 0.373. The number of hydrogen-bond acceptors (Lipinski definition) is 4. The standard InChI is InChI=1S/C11H16N2O3/c1-2-8-5-10(16-12-8)6-11(15)13-4-3-9(14)7-13/h5,9,14H,2-4,6-7H2,1H3. The number of aromatic nitrogens is 1. The van der Waals surface area contributed by atoms with Crippen LogP contribution in [-0.2, 0) is 17.6 Å². The van der Waals surface area contributed by atoms with E-state index in [0.717, 1.165) is 12.1 Å². The van der Waals surface area contributed by atoms with Crippen molar-refractivity contribution in [1.82, 2.24) is 10.1 Å². The van der Waals surface area contributed by atoms with Gasteiger partial charge in [0.15, 0.2) is 0 Å². The smallest absolute Gasteiger partial charge is 0.230 e. The van der Waals surface area contributed by atoms with Crippen LogP contribution >= 0.6 is 0 Å². The summed E-state index contributed by atoms with van der Waals surface area (Å²) in [6.45, 7) is 3.06. The minimum atomic E-state index is -0.370. The highest BCUT2D eigenvalue weighted by Crippen LogP contribution is 2.12. The average Bonchev–Trinajstić information content (AvgIpc) is 2.87. The Balaban J connectivity index is 1.91. The van der Waals surface area contributed by atoms with Gasteiger partial charge in [0.2, 0.25) is 5.91 Å². The van der Waals surface area contributed by atoms with Crippen LogP contribution in [0.1, 0.15) is 24.8 Å². The number of aryl methyl sites for hydroxylation is 1. The van der Waals surface area contributed by atoms with Crippen LogP contribution in [0.4, 0.5) is 0 Å². The fourth-order valence-corrected chi connectivity index (χ4v) is 1.83. The zero-order valence-electron chi connectivity index (χ0n) is 9.35. The average molecular weight is 224 g/mol. The number of likely N-dealkylation sites (tertiary alicyclic amines) is 1. The van der Waals surface area contributed by atoms with Crippen molar-refractivity contribution in [3.05, 3.63) is 17.5 Å². The van der Waals surface area contributed by atoms with Crippen LogP contribution in [0.5, 0.6) is 0 Å². The third kappa shape index (κ3) is 2.41. The number of aliphatic hydroxyl groups excluding tert-OH is 1. The maximum absolute atomic E-state index is 11.8. The molecule has 1 aliphatic rings. The molecule has 1 aromatic heterocycles. The van der Waals surface area contributed by atoms with Crippen LogP contribution in [0, 0.1) is 0 Å². The fraction of sp³-hybridized carbons (Fsp3) is 0.636. The number of rotatable bonds is 3. The van der Waals surface area contributed by atoms with Crippen LogP contribution < -0.4 is 0 Å². The van der Waals surface area contributed by atoms with E-state index in [4.69, 9.17) is 4.52 Å². The van der Waals surface area contributed by atoms with Gasteiger partial charge < -0.3 is 14.5 Å². The molecule has 0 bridgehead atoms. The lowest BCUT2D eigenvalue weighted by molar-refractivity contribution is -0.130. The molecule has 0 radical (unpaired) electrons. The van der Waals surface area contributed by atoms with E-state index in [2.05, 4.69) is 5.16 Å². The first-order valence-corrected chi connectivity index (χ1v) is 5.59. The van der Waals surface area contributed by atoms with Crippen molar-refractivity contribution in [3.8, 4) is 0 Å². The molecule has 1 N–H and O–H groups in total. The number of nitrogens with zero attached hydrogens (tertiary/aromatic N) is 2. The number of carbonyl (C=O) groups excluding carboxylic acids is 1. The molecule has 0 aliphatic carbocycles. The number of carbonyl (C=O) groups is 1. The molecule has 0 saturated carbocycles. The molecule has 1 saturated heterocycles. The zero-order valence-corrected chi connectivity index (χ0v) is 9.35. The third-order valence-electron chi connectivity index (χ3n) is 2.81. The minimum Gasteiger partial charge on any atom is -0.391 e. The van der Waals surface area contributed by atoms with Gasteiger partial charge in [0.05, 0.1) is 18.2 Å². The number of hydrogen-bond donors (Lipinski definition) is 1. The van der Waals surface area contributed by atoms with Crippen LogP contribution in [0.3, 0.4) is 0 Å². The first kappa shape index (κ1) is 11.1. The second-order valence-electron chi connectivity index (χ2n) is 4.10. The Kier molecular flexibility index (Phi) is 3.24. The number of aliphatic hydroxyl groups is 1. The van der Waals surface area contributed by atoms with Crippen molar-refractivity contribution in [1.29, 1.82) is 0 Å². The molecule has 5 nitrogen and oxygen atoms in total. The molecule has 2 heterocycles.